The number of rotatable bonds is 2. The van der Waals surface area contributed by atoms with E-state index >= 15 is 0 Å². The summed E-state index contributed by atoms with van der Waals surface area (Å²) in [5.74, 6) is -0.214. The molecule has 1 aromatic heterocycles. The van der Waals surface area contributed by atoms with Crippen LogP contribution < -0.4 is 4.90 Å². The van der Waals surface area contributed by atoms with Crippen LogP contribution in [0.15, 0.2) is 54.7 Å². The Hall–Kier alpha value is -3.15. The summed E-state index contributed by atoms with van der Waals surface area (Å²) in [5, 5.41) is 10.6. The first-order valence-corrected chi connectivity index (χ1v) is 8.49. The number of hydrogen-bond donors (Lipinski definition) is 1. The fourth-order valence-corrected chi connectivity index (χ4v) is 3.28. The fraction of sp³-hybridized carbons (Fsp3) is 0.200. The maximum absolute atomic E-state index is 13.4. The molecule has 0 radical (unpaired) electrons. The molecule has 0 bridgehead atoms. The van der Waals surface area contributed by atoms with Crippen molar-refractivity contribution in [2.45, 2.75) is 0 Å². The molecule has 1 saturated heterocycles. The van der Waals surface area contributed by atoms with Crippen molar-refractivity contribution in [2.24, 2.45) is 0 Å². The van der Waals surface area contributed by atoms with Gasteiger partial charge in [0.15, 0.2) is 0 Å². The number of piperazine rings is 1. The van der Waals surface area contributed by atoms with Crippen LogP contribution in [0.1, 0.15) is 10.4 Å². The van der Waals surface area contributed by atoms with Crippen LogP contribution in [0.2, 0.25) is 0 Å². The number of phenols is 1. The minimum atomic E-state index is -0.347. The number of pyridine rings is 1. The molecule has 4 rings (SSSR count). The lowest BCUT2D eigenvalue weighted by Gasteiger charge is -2.36. The number of nitrogens with zero attached hydrogens (tertiary/aromatic N) is 3. The van der Waals surface area contributed by atoms with Crippen LogP contribution in [-0.4, -0.2) is 47.1 Å². The van der Waals surface area contributed by atoms with Crippen LogP contribution in [0.4, 0.5) is 10.1 Å². The number of hydrogen-bond acceptors (Lipinski definition) is 4. The molecule has 132 valence electrons. The van der Waals surface area contributed by atoms with E-state index in [9.17, 15) is 14.3 Å². The van der Waals surface area contributed by atoms with Crippen molar-refractivity contribution >= 4 is 22.5 Å². The highest BCUT2D eigenvalue weighted by atomic mass is 19.1. The monoisotopic (exact) mass is 351 g/mol. The normalized spacial score (nSPS) is 14.7. The lowest BCUT2D eigenvalue weighted by molar-refractivity contribution is 0.0746. The number of carbonyl (C=O) groups excluding carboxylic acids is 1. The molecule has 3 aromatic rings. The number of benzene rings is 2. The Morgan fingerprint density at radius 1 is 1.04 bits per heavy atom. The molecule has 0 saturated carbocycles. The van der Waals surface area contributed by atoms with E-state index in [0.717, 1.165) is 5.69 Å². The smallest absolute Gasteiger partial charge is 0.255 e. The molecule has 2 heterocycles. The van der Waals surface area contributed by atoms with Crippen molar-refractivity contribution < 1.29 is 14.3 Å². The Labute approximate surface area is 150 Å². The SMILES string of the molecule is O=C(c1cnc2ccc(F)cc2c1)N1CCN(c2ccccc2O)CC1. The van der Waals surface area contributed by atoms with Crippen molar-refractivity contribution in [1.29, 1.82) is 0 Å². The van der Waals surface area contributed by atoms with Crippen molar-refractivity contribution in [1.82, 2.24) is 9.88 Å². The maximum Gasteiger partial charge on any atom is 0.255 e. The third-order valence-electron chi connectivity index (χ3n) is 4.68. The second-order valence-electron chi connectivity index (χ2n) is 6.33. The Balaban J connectivity index is 1.49. The van der Waals surface area contributed by atoms with Crippen molar-refractivity contribution in [3.63, 3.8) is 0 Å². The number of phenolic OH excluding ortho intramolecular Hbond substituents is 1. The summed E-state index contributed by atoms with van der Waals surface area (Å²) >= 11 is 0. The highest BCUT2D eigenvalue weighted by Crippen LogP contribution is 2.27. The molecular weight excluding hydrogens is 333 g/mol. The summed E-state index contributed by atoms with van der Waals surface area (Å²) in [6.07, 6.45) is 1.54. The van der Waals surface area contributed by atoms with Gasteiger partial charge in [0.2, 0.25) is 0 Å². The van der Waals surface area contributed by atoms with Gasteiger partial charge in [0.05, 0.1) is 16.8 Å². The molecule has 5 nitrogen and oxygen atoms in total. The number of halogens is 1. The largest absolute Gasteiger partial charge is 0.506 e. The summed E-state index contributed by atoms with van der Waals surface area (Å²) < 4.78 is 13.4. The summed E-state index contributed by atoms with van der Waals surface area (Å²) in [5.41, 5.74) is 1.90. The van der Waals surface area contributed by atoms with Gasteiger partial charge in [0.1, 0.15) is 11.6 Å². The van der Waals surface area contributed by atoms with Crippen LogP contribution in [0.3, 0.4) is 0 Å². The number of aromatic nitrogens is 1. The molecule has 2 aromatic carbocycles. The molecule has 1 aliphatic heterocycles. The predicted octanol–water partition coefficient (Wildman–Crippen LogP) is 3.04. The lowest BCUT2D eigenvalue weighted by atomic mass is 10.1. The van der Waals surface area contributed by atoms with E-state index in [2.05, 4.69) is 9.88 Å². The molecule has 0 atom stereocenters. The Morgan fingerprint density at radius 2 is 1.81 bits per heavy atom. The van der Waals surface area contributed by atoms with E-state index in [1.54, 1.807) is 29.2 Å². The van der Waals surface area contributed by atoms with Gasteiger partial charge in [-0.3, -0.25) is 9.78 Å². The van der Waals surface area contributed by atoms with E-state index in [1.807, 2.05) is 12.1 Å². The average Bonchev–Trinajstić information content (AvgIpc) is 2.67. The van der Waals surface area contributed by atoms with E-state index in [-0.39, 0.29) is 17.5 Å². The van der Waals surface area contributed by atoms with Gasteiger partial charge in [-0.2, -0.15) is 0 Å². The third kappa shape index (κ3) is 3.06. The minimum absolute atomic E-state index is 0.111. The number of amides is 1. The predicted molar refractivity (Wildman–Crippen MR) is 97.9 cm³/mol. The molecule has 1 aliphatic rings. The average molecular weight is 351 g/mol. The summed E-state index contributed by atoms with van der Waals surface area (Å²) in [6, 6.07) is 13.2. The van der Waals surface area contributed by atoms with Gasteiger partial charge in [-0.15, -0.1) is 0 Å². The number of para-hydroxylation sites is 2. The van der Waals surface area contributed by atoms with E-state index < -0.39 is 0 Å². The molecule has 0 spiro atoms. The summed E-state index contributed by atoms with van der Waals surface area (Å²) in [4.78, 5) is 20.8. The van der Waals surface area contributed by atoms with E-state index in [1.165, 1.54) is 18.3 Å². The zero-order chi connectivity index (χ0) is 18.1. The third-order valence-corrected chi connectivity index (χ3v) is 4.68. The molecular formula is C20H18FN3O2. The van der Waals surface area contributed by atoms with E-state index in [0.29, 0.717) is 42.6 Å². The molecule has 6 heteroatoms. The highest BCUT2D eigenvalue weighted by Gasteiger charge is 2.23. The number of fused-ring (bicyclic) bond motifs is 1. The van der Waals surface area contributed by atoms with Gasteiger partial charge in [0, 0.05) is 37.8 Å². The minimum Gasteiger partial charge on any atom is -0.506 e. The van der Waals surface area contributed by atoms with Crippen LogP contribution >= 0.6 is 0 Å². The zero-order valence-electron chi connectivity index (χ0n) is 14.1. The van der Waals surface area contributed by atoms with E-state index in [4.69, 9.17) is 0 Å². The summed E-state index contributed by atoms with van der Waals surface area (Å²) in [7, 11) is 0. The maximum atomic E-state index is 13.4. The first-order chi connectivity index (χ1) is 12.6. The second kappa shape index (κ2) is 6.63. The quantitative estimate of drug-likeness (QED) is 0.771. The first kappa shape index (κ1) is 16.3. The van der Waals surface area contributed by atoms with Gasteiger partial charge >= 0.3 is 0 Å². The molecule has 1 N–H and O–H groups in total. The summed E-state index contributed by atoms with van der Waals surface area (Å²) in [6.45, 7) is 2.38. The van der Waals surface area contributed by atoms with Gasteiger partial charge in [-0.1, -0.05) is 12.1 Å². The number of aromatic hydroxyl groups is 1. The van der Waals surface area contributed by atoms with Crippen molar-refractivity contribution in [2.75, 3.05) is 31.1 Å². The second-order valence-corrected chi connectivity index (χ2v) is 6.33. The Bertz CT molecular complexity index is 968. The van der Waals surface area contributed by atoms with Crippen LogP contribution in [-0.2, 0) is 0 Å². The molecule has 1 fully saturated rings. The van der Waals surface area contributed by atoms with Gasteiger partial charge in [-0.25, -0.2) is 4.39 Å². The Kier molecular flexibility index (Phi) is 4.16. The topological polar surface area (TPSA) is 56.7 Å². The van der Waals surface area contributed by atoms with Crippen molar-refractivity contribution in [3.05, 3.63) is 66.1 Å². The van der Waals surface area contributed by atoms with Gasteiger partial charge in [-0.05, 0) is 36.4 Å². The molecule has 0 aliphatic carbocycles. The molecule has 0 unspecified atom stereocenters. The van der Waals surface area contributed by atoms with Crippen LogP contribution in [0, 0.1) is 5.82 Å². The van der Waals surface area contributed by atoms with Crippen LogP contribution in [0.5, 0.6) is 5.75 Å². The Morgan fingerprint density at radius 3 is 2.58 bits per heavy atom. The fourth-order valence-electron chi connectivity index (χ4n) is 3.28. The van der Waals surface area contributed by atoms with Gasteiger partial charge in [0.25, 0.3) is 5.91 Å². The standard InChI is InChI=1S/C20H18FN3O2/c21-16-5-6-17-14(12-16)11-15(13-22-17)20(26)24-9-7-23(8-10-24)18-3-1-2-4-19(18)25/h1-6,11-13,25H,7-10H2. The number of carbonyl (C=O) groups is 1. The molecule has 1 amide bonds. The lowest BCUT2D eigenvalue weighted by Crippen LogP contribution is -2.48. The zero-order valence-corrected chi connectivity index (χ0v) is 14.1. The van der Waals surface area contributed by atoms with Gasteiger partial charge < -0.3 is 14.9 Å². The number of anilines is 1. The highest BCUT2D eigenvalue weighted by molar-refractivity contribution is 5.97. The first-order valence-electron chi connectivity index (χ1n) is 8.49. The molecule has 26 heavy (non-hydrogen) atoms. The van der Waals surface area contributed by atoms with Crippen LogP contribution in [0.25, 0.3) is 10.9 Å². The van der Waals surface area contributed by atoms with Crippen molar-refractivity contribution in [3.8, 4) is 5.75 Å².